The Bertz CT molecular complexity index is 297. The zero-order valence-electron chi connectivity index (χ0n) is 8.76. The van der Waals surface area contributed by atoms with E-state index in [1.54, 1.807) is 0 Å². The number of benzene rings is 1. The fourth-order valence-corrected chi connectivity index (χ4v) is 1.17. The Labute approximate surface area is 91.2 Å². The number of hydrogen-bond acceptors (Lipinski definition) is 2. The van der Waals surface area contributed by atoms with Crippen molar-refractivity contribution in [3.63, 3.8) is 0 Å². The fourth-order valence-electron chi connectivity index (χ4n) is 0.763. The van der Waals surface area contributed by atoms with Crippen LogP contribution < -0.4 is 4.72 Å². The molecule has 0 unspecified atom stereocenters. The van der Waals surface area contributed by atoms with Gasteiger partial charge in [-0.05, 0) is 6.42 Å². The molecule has 0 atom stereocenters. The van der Waals surface area contributed by atoms with E-state index in [4.69, 9.17) is 4.55 Å². The van der Waals surface area contributed by atoms with Crippen molar-refractivity contribution in [1.82, 2.24) is 4.72 Å². The van der Waals surface area contributed by atoms with E-state index in [1.807, 2.05) is 48.0 Å². The van der Waals surface area contributed by atoms with Crippen molar-refractivity contribution in [3.05, 3.63) is 36.4 Å². The van der Waals surface area contributed by atoms with Gasteiger partial charge in [0, 0.05) is 6.54 Å². The zero-order valence-corrected chi connectivity index (χ0v) is 9.57. The fraction of sp³-hybridized carbons (Fsp3) is 0.400. The molecule has 0 heterocycles. The van der Waals surface area contributed by atoms with Crippen LogP contribution in [0.5, 0.6) is 0 Å². The smallest absolute Gasteiger partial charge is 0.273 e. The molecule has 1 aromatic carbocycles. The van der Waals surface area contributed by atoms with E-state index in [0.29, 0.717) is 6.54 Å². The highest BCUT2D eigenvalue weighted by Gasteiger charge is 1.98. The maximum Gasteiger partial charge on any atom is 0.333 e. The zero-order chi connectivity index (χ0) is 11.6. The molecule has 0 amide bonds. The first kappa shape index (κ1) is 14.1. The van der Waals surface area contributed by atoms with Crippen LogP contribution in [-0.4, -0.2) is 19.5 Å². The van der Waals surface area contributed by atoms with E-state index in [-0.39, 0.29) is 0 Å². The second-order valence-corrected chi connectivity index (χ2v) is 4.12. The molecule has 4 nitrogen and oxygen atoms in total. The molecule has 0 radical (unpaired) electrons. The van der Waals surface area contributed by atoms with Crippen LogP contribution in [0, 0.1) is 0 Å². The monoisotopic (exact) mass is 231 g/mol. The molecule has 0 spiro atoms. The topological polar surface area (TPSA) is 66.4 Å². The third-order valence-corrected chi connectivity index (χ3v) is 2.05. The minimum Gasteiger partial charge on any atom is -0.273 e. The largest absolute Gasteiger partial charge is 0.333 e. The van der Waals surface area contributed by atoms with Gasteiger partial charge in [-0.2, -0.15) is 13.1 Å². The molecule has 86 valence electrons. The first-order valence-electron chi connectivity index (χ1n) is 4.78. The summed E-state index contributed by atoms with van der Waals surface area (Å²) < 4.78 is 30.0. The molecule has 0 saturated carbocycles. The molecule has 0 bridgehead atoms. The highest BCUT2D eigenvalue weighted by atomic mass is 32.2. The lowest BCUT2D eigenvalue weighted by atomic mass is 10.3. The van der Waals surface area contributed by atoms with Gasteiger partial charge in [-0.1, -0.05) is 49.7 Å². The Morgan fingerprint density at radius 3 is 1.73 bits per heavy atom. The van der Waals surface area contributed by atoms with Gasteiger partial charge in [0.05, 0.1) is 0 Å². The van der Waals surface area contributed by atoms with E-state index in [0.717, 1.165) is 12.8 Å². The average molecular weight is 231 g/mol. The summed E-state index contributed by atoms with van der Waals surface area (Å²) in [5.41, 5.74) is 0. The summed E-state index contributed by atoms with van der Waals surface area (Å²) in [6.07, 6.45) is 1.66. The van der Waals surface area contributed by atoms with E-state index < -0.39 is 10.3 Å². The molecular weight excluding hydrogens is 214 g/mol. The van der Waals surface area contributed by atoms with E-state index in [2.05, 4.69) is 0 Å². The van der Waals surface area contributed by atoms with Gasteiger partial charge in [-0.25, -0.2) is 0 Å². The Hall–Kier alpha value is -0.910. The van der Waals surface area contributed by atoms with Crippen LogP contribution in [0.2, 0.25) is 0 Å². The van der Waals surface area contributed by atoms with Gasteiger partial charge in [0.2, 0.25) is 0 Å². The van der Waals surface area contributed by atoms with Crippen molar-refractivity contribution in [1.29, 1.82) is 0 Å². The summed E-state index contributed by atoms with van der Waals surface area (Å²) >= 11 is 0. The van der Waals surface area contributed by atoms with E-state index >= 15 is 0 Å². The third kappa shape index (κ3) is 13.1. The first-order chi connectivity index (χ1) is 7.06. The third-order valence-electron chi connectivity index (χ3n) is 1.48. The summed E-state index contributed by atoms with van der Waals surface area (Å²) in [7, 11) is -3.95. The summed E-state index contributed by atoms with van der Waals surface area (Å²) in [6.45, 7) is 2.25. The number of rotatable bonds is 4. The second kappa shape index (κ2) is 8.40. The molecule has 0 aliphatic rings. The molecule has 0 fully saturated rings. The van der Waals surface area contributed by atoms with Crippen molar-refractivity contribution in [2.24, 2.45) is 0 Å². The van der Waals surface area contributed by atoms with Crippen LogP contribution in [0.1, 0.15) is 19.8 Å². The van der Waals surface area contributed by atoms with E-state index in [1.165, 1.54) is 0 Å². The lowest BCUT2D eigenvalue weighted by Gasteiger charge is -1.96. The highest BCUT2D eigenvalue weighted by Crippen LogP contribution is 1.83. The van der Waals surface area contributed by atoms with Crippen molar-refractivity contribution in [2.45, 2.75) is 19.8 Å². The molecular formula is C10H17NO3S. The van der Waals surface area contributed by atoms with E-state index in [9.17, 15) is 8.42 Å². The Kier molecular flexibility index (Phi) is 7.89. The molecule has 0 aromatic heterocycles. The van der Waals surface area contributed by atoms with Gasteiger partial charge in [-0.15, -0.1) is 0 Å². The van der Waals surface area contributed by atoms with Gasteiger partial charge >= 0.3 is 10.3 Å². The van der Waals surface area contributed by atoms with Gasteiger partial charge in [0.1, 0.15) is 0 Å². The second-order valence-electron chi connectivity index (χ2n) is 2.88. The van der Waals surface area contributed by atoms with Crippen molar-refractivity contribution in [2.75, 3.05) is 6.54 Å². The summed E-state index contributed by atoms with van der Waals surface area (Å²) in [5, 5.41) is 0. The lowest BCUT2D eigenvalue weighted by molar-refractivity contribution is 0.466. The van der Waals surface area contributed by atoms with Crippen LogP contribution >= 0.6 is 0 Å². The highest BCUT2D eigenvalue weighted by molar-refractivity contribution is 7.83. The minimum absolute atomic E-state index is 0.315. The molecule has 5 heteroatoms. The summed E-state index contributed by atoms with van der Waals surface area (Å²) in [6, 6.07) is 12.0. The van der Waals surface area contributed by atoms with Gasteiger partial charge in [-0.3, -0.25) is 4.55 Å². The maximum atomic E-state index is 9.95. The van der Waals surface area contributed by atoms with Gasteiger partial charge in [0.15, 0.2) is 0 Å². The first-order valence-corrected chi connectivity index (χ1v) is 6.22. The van der Waals surface area contributed by atoms with Crippen molar-refractivity contribution in [3.8, 4) is 0 Å². The quantitative estimate of drug-likeness (QED) is 0.614. The molecule has 0 aliphatic carbocycles. The Balaban J connectivity index is 0.000000280. The van der Waals surface area contributed by atoms with Crippen LogP contribution in [0.4, 0.5) is 0 Å². The van der Waals surface area contributed by atoms with Gasteiger partial charge in [0.25, 0.3) is 0 Å². The van der Waals surface area contributed by atoms with Gasteiger partial charge < -0.3 is 0 Å². The summed E-state index contributed by atoms with van der Waals surface area (Å²) in [5.74, 6) is 0. The Morgan fingerprint density at radius 2 is 1.47 bits per heavy atom. The normalized spacial score (nSPS) is 10.3. The van der Waals surface area contributed by atoms with Crippen LogP contribution in [-0.2, 0) is 10.3 Å². The molecule has 15 heavy (non-hydrogen) atoms. The van der Waals surface area contributed by atoms with Crippen molar-refractivity contribution < 1.29 is 13.0 Å². The predicted octanol–water partition coefficient (Wildman–Crippen LogP) is 1.87. The molecule has 2 N–H and O–H groups in total. The standard InChI is InChI=1S/C6H6.C4H11NO3S/c1-2-4-6-5-3-1;1-2-3-4-5-9(6,7)8/h1-6H;5H,2-4H2,1H3,(H,6,7,8). The average Bonchev–Trinajstić information content (AvgIpc) is 2.20. The molecule has 1 rings (SSSR count). The predicted molar refractivity (Wildman–Crippen MR) is 60.9 cm³/mol. The maximum absolute atomic E-state index is 9.95. The Morgan fingerprint density at radius 1 is 1.07 bits per heavy atom. The summed E-state index contributed by atoms with van der Waals surface area (Å²) in [4.78, 5) is 0. The number of nitrogens with one attached hydrogen (secondary N) is 1. The van der Waals surface area contributed by atoms with Crippen LogP contribution in [0.3, 0.4) is 0 Å². The molecule has 0 saturated heterocycles. The lowest BCUT2D eigenvalue weighted by Crippen LogP contribution is -2.23. The number of hydrogen-bond donors (Lipinski definition) is 2. The minimum atomic E-state index is -3.95. The molecule has 0 aliphatic heterocycles. The van der Waals surface area contributed by atoms with Crippen molar-refractivity contribution >= 4 is 10.3 Å². The van der Waals surface area contributed by atoms with Crippen LogP contribution in [0.25, 0.3) is 0 Å². The van der Waals surface area contributed by atoms with Crippen LogP contribution in [0.15, 0.2) is 36.4 Å². The SMILES string of the molecule is CCCCNS(=O)(=O)O.c1ccccc1. The molecule has 1 aromatic rings. The number of unbranched alkanes of at least 4 members (excludes halogenated alkanes) is 1.